The molecule has 25 heavy (non-hydrogen) atoms. The lowest BCUT2D eigenvalue weighted by atomic mass is 10.0. The van der Waals surface area contributed by atoms with E-state index in [0.717, 1.165) is 43.9 Å². The number of carbonyl (C=O) groups excluding carboxylic acids is 1. The Labute approximate surface area is 155 Å². The molecule has 0 unspecified atom stereocenters. The topological polar surface area (TPSA) is 48.5 Å². The van der Waals surface area contributed by atoms with Crippen molar-refractivity contribution in [3.05, 3.63) is 24.4 Å². The highest BCUT2D eigenvalue weighted by atomic mass is 32.2. The lowest BCUT2D eigenvalue weighted by molar-refractivity contribution is -0.127. The lowest BCUT2D eigenvalue weighted by Crippen LogP contribution is -2.51. The molecule has 2 aliphatic heterocycles. The average molecular weight is 363 g/mol. The molecule has 3 heterocycles. The normalized spacial score (nSPS) is 26.2. The van der Waals surface area contributed by atoms with Crippen molar-refractivity contribution in [3.63, 3.8) is 0 Å². The molecule has 5 nitrogen and oxygen atoms in total. The monoisotopic (exact) mass is 362 g/mol. The quantitative estimate of drug-likeness (QED) is 0.870. The van der Waals surface area contributed by atoms with Crippen LogP contribution in [0.2, 0.25) is 0 Å². The summed E-state index contributed by atoms with van der Waals surface area (Å²) in [4.78, 5) is 22.1. The molecule has 1 aromatic rings. The summed E-state index contributed by atoms with van der Waals surface area (Å²) in [6.45, 7) is 7.29. The molecule has 6 heteroatoms. The molecule has 3 rings (SSSR count). The van der Waals surface area contributed by atoms with Gasteiger partial charge in [0.2, 0.25) is 5.91 Å². The second-order valence-corrected chi connectivity index (χ2v) is 8.87. The standard InChI is InChI=1S/C19H30N4OS/c1-14(2)21-19(24)17-12-16(25-18-6-4-5-9-20-18)13-23(17)15-7-10-22(3)11-8-15/h4-6,9,14-17H,7-8,10-13H2,1-3H3,(H,21,24)/t16-,17+/m1/s1. The predicted molar refractivity (Wildman–Crippen MR) is 103 cm³/mol. The van der Waals surface area contributed by atoms with Gasteiger partial charge in [-0.05, 0) is 65.4 Å². The number of nitrogens with one attached hydrogen (secondary N) is 1. The molecule has 0 saturated carbocycles. The van der Waals surface area contributed by atoms with Gasteiger partial charge in [0.1, 0.15) is 0 Å². The Kier molecular flexibility index (Phi) is 6.36. The fraction of sp³-hybridized carbons (Fsp3) is 0.684. The zero-order valence-corrected chi connectivity index (χ0v) is 16.3. The van der Waals surface area contributed by atoms with Crippen LogP contribution in [-0.2, 0) is 4.79 Å². The number of nitrogens with zero attached hydrogens (tertiary/aromatic N) is 3. The predicted octanol–water partition coefficient (Wildman–Crippen LogP) is 2.24. The highest BCUT2D eigenvalue weighted by Crippen LogP contribution is 2.35. The number of thioether (sulfide) groups is 1. The van der Waals surface area contributed by atoms with E-state index >= 15 is 0 Å². The minimum Gasteiger partial charge on any atom is -0.353 e. The van der Waals surface area contributed by atoms with Crippen LogP contribution < -0.4 is 5.32 Å². The van der Waals surface area contributed by atoms with Gasteiger partial charge in [-0.1, -0.05) is 6.07 Å². The van der Waals surface area contributed by atoms with Crippen molar-refractivity contribution >= 4 is 17.7 Å². The molecule has 2 saturated heterocycles. The Morgan fingerprint density at radius 1 is 1.32 bits per heavy atom. The van der Waals surface area contributed by atoms with Crippen molar-refractivity contribution in [2.45, 2.75) is 61.5 Å². The zero-order chi connectivity index (χ0) is 17.8. The van der Waals surface area contributed by atoms with Gasteiger partial charge in [0.05, 0.1) is 11.1 Å². The fourth-order valence-electron chi connectivity index (χ4n) is 3.86. The van der Waals surface area contributed by atoms with Crippen molar-refractivity contribution in [2.24, 2.45) is 0 Å². The minimum absolute atomic E-state index is 0.00276. The van der Waals surface area contributed by atoms with Gasteiger partial charge < -0.3 is 10.2 Å². The zero-order valence-electron chi connectivity index (χ0n) is 15.5. The van der Waals surface area contributed by atoms with E-state index < -0.39 is 0 Å². The van der Waals surface area contributed by atoms with Crippen LogP contribution in [0.3, 0.4) is 0 Å². The molecule has 1 N–H and O–H groups in total. The van der Waals surface area contributed by atoms with Gasteiger partial charge in [-0.15, -0.1) is 11.8 Å². The summed E-state index contributed by atoms with van der Waals surface area (Å²) >= 11 is 1.82. The number of pyridine rings is 1. The molecule has 2 atom stereocenters. The van der Waals surface area contributed by atoms with Crippen molar-refractivity contribution in [3.8, 4) is 0 Å². The van der Waals surface area contributed by atoms with Gasteiger partial charge in [-0.25, -0.2) is 4.98 Å². The summed E-state index contributed by atoms with van der Waals surface area (Å²) in [5.41, 5.74) is 0. The average Bonchev–Trinajstić information content (AvgIpc) is 3.00. The van der Waals surface area contributed by atoms with E-state index in [1.54, 1.807) is 0 Å². The first-order valence-electron chi connectivity index (χ1n) is 9.35. The van der Waals surface area contributed by atoms with E-state index in [1.165, 1.54) is 0 Å². The smallest absolute Gasteiger partial charge is 0.237 e. The Bertz CT molecular complexity index is 560. The van der Waals surface area contributed by atoms with Crippen LogP contribution in [0.4, 0.5) is 0 Å². The lowest BCUT2D eigenvalue weighted by Gasteiger charge is -2.37. The molecule has 1 amide bonds. The summed E-state index contributed by atoms with van der Waals surface area (Å²) in [7, 11) is 2.18. The van der Waals surface area contributed by atoms with Gasteiger partial charge in [-0.2, -0.15) is 0 Å². The third kappa shape index (κ3) is 4.96. The Morgan fingerprint density at radius 2 is 2.08 bits per heavy atom. The van der Waals surface area contributed by atoms with Crippen molar-refractivity contribution < 1.29 is 4.79 Å². The SMILES string of the molecule is CC(C)NC(=O)[C@@H]1C[C@@H](Sc2ccccn2)CN1C1CCN(C)CC1. The number of rotatable bonds is 5. The van der Waals surface area contributed by atoms with Crippen LogP contribution in [0.5, 0.6) is 0 Å². The fourth-order valence-corrected chi connectivity index (χ4v) is 5.01. The molecule has 2 aliphatic rings. The van der Waals surface area contributed by atoms with Crippen LogP contribution in [-0.4, -0.2) is 70.7 Å². The van der Waals surface area contributed by atoms with E-state index in [0.29, 0.717) is 11.3 Å². The van der Waals surface area contributed by atoms with Crippen LogP contribution >= 0.6 is 11.8 Å². The van der Waals surface area contributed by atoms with E-state index in [1.807, 2.05) is 43.9 Å². The number of likely N-dealkylation sites (tertiary alicyclic amines) is 2. The van der Waals surface area contributed by atoms with Crippen molar-refractivity contribution in [1.29, 1.82) is 0 Å². The second-order valence-electron chi connectivity index (χ2n) is 7.55. The van der Waals surface area contributed by atoms with Crippen LogP contribution in [0.1, 0.15) is 33.1 Å². The number of aromatic nitrogens is 1. The molecule has 2 fully saturated rings. The summed E-state index contributed by atoms with van der Waals surface area (Å²) in [5.74, 6) is 0.193. The summed E-state index contributed by atoms with van der Waals surface area (Å²) < 4.78 is 0. The molecule has 0 aliphatic carbocycles. The molecule has 138 valence electrons. The minimum atomic E-state index is -0.00276. The van der Waals surface area contributed by atoms with Crippen LogP contribution in [0, 0.1) is 0 Å². The van der Waals surface area contributed by atoms with E-state index in [2.05, 4.69) is 33.2 Å². The molecule has 0 spiro atoms. The first kappa shape index (κ1) is 18.7. The van der Waals surface area contributed by atoms with Crippen molar-refractivity contribution in [2.75, 3.05) is 26.7 Å². The highest BCUT2D eigenvalue weighted by molar-refractivity contribution is 7.99. The molecule has 0 bridgehead atoms. The van der Waals surface area contributed by atoms with Gasteiger partial charge in [0.25, 0.3) is 0 Å². The highest BCUT2D eigenvalue weighted by Gasteiger charge is 2.41. The molecule has 0 radical (unpaired) electrons. The van der Waals surface area contributed by atoms with Gasteiger partial charge in [-0.3, -0.25) is 9.69 Å². The van der Waals surface area contributed by atoms with E-state index in [9.17, 15) is 4.79 Å². The Morgan fingerprint density at radius 3 is 2.72 bits per heavy atom. The first-order chi connectivity index (χ1) is 12.0. The van der Waals surface area contributed by atoms with E-state index in [-0.39, 0.29) is 18.0 Å². The molecular formula is C19H30N4OS. The molecular weight excluding hydrogens is 332 g/mol. The Hall–Kier alpha value is -1.11. The molecule has 0 aromatic carbocycles. The van der Waals surface area contributed by atoms with Gasteiger partial charge in [0, 0.05) is 30.1 Å². The first-order valence-corrected chi connectivity index (χ1v) is 10.2. The number of hydrogen-bond acceptors (Lipinski definition) is 5. The number of amides is 1. The number of hydrogen-bond donors (Lipinski definition) is 1. The summed E-state index contributed by atoms with van der Waals surface area (Å²) in [5, 5.41) is 4.62. The second kappa shape index (κ2) is 8.52. The van der Waals surface area contributed by atoms with Gasteiger partial charge >= 0.3 is 0 Å². The number of piperidine rings is 1. The third-order valence-corrected chi connectivity index (χ3v) is 6.27. The maximum atomic E-state index is 12.8. The molecule has 1 aromatic heterocycles. The largest absolute Gasteiger partial charge is 0.353 e. The van der Waals surface area contributed by atoms with Crippen molar-refractivity contribution in [1.82, 2.24) is 20.1 Å². The maximum absolute atomic E-state index is 12.8. The van der Waals surface area contributed by atoms with Gasteiger partial charge in [0.15, 0.2) is 0 Å². The maximum Gasteiger partial charge on any atom is 0.237 e. The van der Waals surface area contributed by atoms with Crippen LogP contribution in [0.25, 0.3) is 0 Å². The third-order valence-electron chi connectivity index (χ3n) is 5.12. The summed E-state index contributed by atoms with van der Waals surface area (Å²) in [6, 6.07) is 6.75. The Balaban J connectivity index is 1.69. The van der Waals surface area contributed by atoms with E-state index in [4.69, 9.17) is 0 Å². The number of carbonyl (C=O) groups is 1. The summed E-state index contributed by atoms with van der Waals surface area (Å²) in [6.07, 6.45) is 5.06. The van der Waals surface area contributed by atoms with Crippen LogP contribution in [0.15, 0.2) is 29.4 Å².